The third-order valence-electron chi connectivity index (χ3n) is 5.51. The number of benzene rings is 1. The van der Waals surface area contributed by atoms with E-state index < -0.39 is 29.4 Å². The zero-order chi connectivity index (χ0) is 28.0. The Morgan fingerprint density at radius 2 is 1.70 bits per heavy atom. The Kier molecular flexibility index (Phi) is 13.4. The molecule has 0 spiro atoms. The highest BCUT2D eigenvalue weighted by Gasteiger charge is 2.28. The first-order chi connectivity index (χ1) is 17.3. The number of carboxylic acid groups (broad SMARTS) is 2. The summed E-state index contributed by atoms with van der Waals surface area (Å²) in [5.74, 6) is -3.08. The highest BCUT2D eigenvalue weighted by Crippen LogP contribution is 2.27. The van der Waals surface area contributed by atoms with E-state index in [0.29, 0.717) is 50.2 Å². The first-order valence-corrected chi connectivity index (χ1v) is 12.6. The Bertz CT molecular complexity index is 917. The normalized spacial score (nSPS) is 12.8. The molecule has 9 heteroatoms. The van der Waals surface area contributed by atoms with Crippen molar-refractivity contribution in [3.05, 3.63) is 42.0 Å². The highest BCUT2D eigenvalue weighted by atomic mass is 16.6. The zero-order valence-electron chi connectivity index (χ0n) is 22.4. The lowest BCUT2D eigenvalue weighted by Gasteiger charge is -2.23. The molecule has 2 unspecified atom stereocenters. The molecule has 1 aromatic rings. The predicted molar refractivity (Wildman–Crippen MR) is 139 cm³/mol. The summed E-state index contributed by atoms with van der Waals surface area (Å²) in [6, 6.07) is 7.44. The fraction of sp³-hybridized carbons (Fsp3) is 0.571. The van der Waals surface area contributed by atoms with E-state index >= 15 is 0 Å². The van der Waals surface area contributed by atoms with E-state index in [9.17, 15) is 24.3 Å². The lowest BCUT2D eigenvalue weighted by Crippen LogP contribution is -2.28. The maximum Gasteiger partial charge on any atom is 0.307 e. The van der Waals surface area contributed by atoms with Crippen molar-refractivity contribution in [2.45, 2.75) is 78.2 Å². The number of hydrogen-bond donors (Lipinski definition) is 3. The Hall–Kier alpha value is -3.36. The minimum Gasteiger partial charge on any atom is -0.494 e. The van der Waals surface area contributed by atoms with Crippen LogP contribution in [-0.4, -0.2) is 52.8 Å². The molecule has 9 nitrogen and oxygen atoms in total. The highest BCUT2D eigenvalue weighted by molar-refractivity contribution is 5.92. The number of carbonyl (C=O) groups is 4. The van der Waals surface area contributed by atoms with E-state index in [1.807, 2.05) is 24.3 Å². The Morgan fingerprint density at radius 3 is 2.24 bits per heavy atom. The van der Waals surface area contributed by atoms with E-state index in [1.54, 1.807) is 27.7 Å². The van der Waals surface area contributed by atoms with Crippen molar-refractivity contribution in [1.29, 1.82) is 0 Å². The van der Waals surface area contributed by atoms with Crippen LogP contribution in [-0.2, 0) is 30.3 Å². The minimum atomic E-state index is -1.07. The van der Waals surface area contributed by atoms with Gasteiger partial charge in [0.05, 0.1) is 18.9 Å². The summed E-state index contributed by atoms with van der Waals surface area (Å²) in [6.45, 7) is 11.3. The standard InChI is InChI=1S/C28H41NO8/c1-19(2)26(33)29-14-7-15-36-23-12-10-20(11-13-23)16-21(8-6-9-24(30)31)17-22(27(34)35)18-25(32)37-28(3,4)5/h10-13,21-22H,1,6-9,14-18H2,2-5H3,(H,29,33)(H,30,31)(H,34,35). The summed E-state index contributed by atoms with van der Waals surface area (Å²) in [5.41, 5.74) is 0.712. The monoisotopic (exact) mass is 519 g/mol. The van der Waals surface area contributed by atoms with Gasteiger partial charge in [-0.15, -0.1) is 0 Å². The molecule has 2 atom stereocenters. The molecule has 3 N–H and O–H groups in total. The van der Waals surface area contributed by atoms with Crippen molar-refractivity contribution in [2.24, 2.45) is 11.8 Å². The number of rotatable bonds is 17. The Morgan fingerprint density at radius 1 is 1.05 bits per heavy atom. The van der Waals surface area contributed by atoms with E-state index in [4.69, 9.17) is 14.6 Å². The number of carboxylic acids is 2. The smallest absolute Gasteiger partial charge is 0.307 e. The van der Waals surface area contributed by atoms with Crippen LogP contribution in [0.25, 0.3) is 0 Å². The first-order valence-electron chi connectivity index (χ1n) is 12.6. The van der Waals surface area contributed by atoms with Crippen molar-refractivity contribution in [1.82, 2.24) is 5.32 Å². The van der Waals surface area contributed by atoms with Gasteiger partial charge in [0.15, 0.2) is 0 Å². The summed E-state index contributed by atoms with van der Waals surface area (Å²) >= 11 is 0. The molecule has 1 rings (SSSR count). The van der Waals surface area contributed by atoms with Gasteiger partial charge in [0, 0.05) is 18.5 Å². The number of ether oxygens (including phenoxy) is 2. The van der Waals surface area contributed by atoms with Gasteiger partial charge >= 0.3 is 17.9 Å². The SMILES string of the molecule is C=C(C)C(=O)NCCCOc1ccc(CC(CCCC(=O)O)CC(CC(=O)OC(C)(C)C)C(=O)O)cc1. The molecular weight excluding hydrogens is 478 g/mol. The molecule has 0 saturated heterocycles. The second-order valence-corrected chi connectivity index (χ2v) is 10.3. The zero-order valence-corrected chi connectivity index (χ0v) is 22.4. The molecule has 206 valence electrons. The average Bonchev–Trinajstić information content (AvgIpc) is 2.77. The van der Waals surface area contributed by atoms with Crippen molar-refractivity contribution < 1.29 is 38.9 Å². The van der Waals surface area contributed by atoms with Gasteiger partial charge in [-0.2, -0.15) is 0 Å². The third kappa shape index (κ3) is 14.7. The average molecular weight is 520 g/mol. The molecule has 0 radical (unpaired) electrons. The maximum absolute atomic E-state index is 12.2. The largest absolute Gasteiger partial charge is 0.494 e. The van der Waals surface area contributed by atoms with Crippen LogP contribution in [0.5, 0.6) is 5.75 Å². The number of aliphatic carboxylic acids is 2. The molecule has 1 amide bonds. The number of amides is 1. The second-order valence-electron chi connectivity index (χ2n) is 10.3. The minimum absolute atomic E-state index is 0.0000953. The van der Waals surface area contributed by atoms with Gasteiger partial charge in [-0.1, -0.05) is 18.7 Å². The second kappa shape index (κ2) is 15.7. The van der Waals surface area contributed by atoms with Crippen LogP contribution in [0.1, 0.15) is 71.8 Å². The molecular formula is C28H41NO8. The Balaban J connectivity index is 2.73. The lowest BCUT2D eigenvalue weighted by molar-refractivity contribution is -0.160. The molecule has 1 aromatic carbocycles. The molecule has 0 heterocycles. The molecule has 0 aliphatic heterocycles. The van der Waals surface area contributed by atoms with Gasteiger partial charge in [0.25, 0.3) is 0 Å². The quantitative estimate of drug-likeness (QED) is 0.156. The third-order valence-corrected chi connectivity index (χ3v) is 5.51. The van der Waals surface area contributed by atoms with Crippen molar-refractivity contribution in [3.63, 3.8) is 0 Å². The van der Waals surface area contributed by atoms with Crippen LogP contribution in [0, 0.1) is 11.8 Å². The number of carbonyl (C=O) groups excluding carboxylic acids is 2. The summed E-state index contributed by atoms with van der Waals surface area (Å²) in [4.78, 5) is 46.6. The van der Waals surface area contributed by atoms with Gasteiger partial charge in [0.2, 0.25) is 5.91 Å². The Labute approximate surface area is 219 Å². The summed E-state index contributed by atoms with van der Waals surface area (Å²) in [6.07, 6.45) is 2.13. The maximum atomic E-state index is 12.2. The summed E-state index contributed by atoms with van der Waals surface area (Å²) in [7, 11) is 0. The van der Waals surface area contributed by atoms with E-state index in [0.717, 1.165) is 5.56 Å². The predicted octanol–water partition coefficient (Wildman–Crippen LogP) is 4.38. The fourth-order valence-corrected chi connectivity index (χ4v) is 3.77. The van der Waals surface area contributed by atoms with E-state index in [1.165, 1.54) is 0 Å². The van der Waals surface area contributed by atoms with Crippen LogP contribution >= 0.6 is 0 Å². The van der Waals surface area contributed by atoms with Gasteiger partial charge < -0.3 is 25.0 Å². The van der Waals surface area contributed by atoms with Crippen LogP contribution < -0.4 is 10.1 Å². The van der Waals surface area contributed by atoms with Crippen LogP contribution in [0.4, 0.5) is 0 Å². The summed E-state index contributed by atoms with van der Waals surface area (Å²) < 4.78 is 11.0. The molecule has 37 heavy (non-hydrogen) atoms. The molecule has 0 fully saturated rings. The van der Waals surface area contributed by atoms with E-state index in [2.05, 4.69) is 11.9 Å². The van der Waals surface area contributed by atoms with Crippen molar-refractivity contribution >= 4 is 23.8 Å². The van der Waals surface area contributed by atoms with Crippen molar-refractivity contribution in [3.8, 4) is 5.75 Å². The molecule has 0 saturated carbocycles. The van der Waals surface area contributed by atoms with Crippen LogP contribution in [0.3, 0.4) is 0 Å². The topological polar surface area (TPSA) is 139 Å². The fourth-order valence-electron chi connectivity index (χ4n) is 3.77. The van der Waals surface area contributed by atoms with Gasteiger partial charge in [-0.05, 0) is 83.4 Å². The lowest BCUT2D eigenvalue weighted by atomic mass is 9.84. The van der Waals surface area contributed by atoms with Gasteiger partial charge in [0.1, 0.15) is 11.4 Å². The van der Waals surface area contributed by atoms with Crippen molar-refractivity contribution in [2.75, 3.05) is 13.2 Å². The van der Waals surface area contributed by atoms with Gasteiger partial charge in [-0.25, -0.2) is 0 Å². The van der Waals surface area contributed by atoms with Crippen LogP contribution in [0.15, 0.2) is 36.4 Å². The van der Waals surface area contributed by atoms with Crippen LogP contribution in [0.2, 0.25) is 0 Å². The number of esters is 1. The number of hydrogen-bond acceptors (Lipinski definition) is 6. The molecule has 0 aromatic heterocycles. The summed E-state index contributed by atoms with van der Waals surface area (Å²) in [5, 5.41) is 21.5. The number of nitrogens with one attached hydrogen (secondary N) is 1. The van der Waals surface area contributed by atoms with Gasteiger partial charge in [-0.3, -0.25) is 19.2 Å². The first kappa shape index (κ1) is 31.7. The molecule has 0 aliphatic rings. The molecule has 0 aliphatic carbocycles. The molecule has 0 bridgehead atoms. The van der Waals surface area contributed by atoms with E-state index in [-0.39, 0.29) is 31.1 Å².